The van der Waals surface area contributed by atoms with Gasteiger partial charge in [0.15, 0.2) is 0 Å². The maximum Gasteiger partial charge on any atom is 0.243 e. The molecular weight excluding hydrogens is 410 g/mol. The van der Waals surface area contributed by atoms with Gasteiger partial charge in [-0.15, -0.1) is 0 Å². The molecule has 1 aliphatic rings. The van der Waals surface area contributed by atoms with Gasteiger partial charge in [0.05, 0.1) is 11.4 Å². The van der Waals surface area contributed by atoms with E-state index in [0.29, 0.717) is 19.0 Å². The summed E-state index contributed by atoms with van der Waals surface area (Å²) in [6, 6.07) is 16.8. The van der Waals surface area contributed by atoms with Crippen molar-refractivity contribution >= 4 is 15.9 Å². The van der Waals surface area contributed by atoms with Crippen molar-refractivity contribution in [2.75, 3.05) is 39.3 Å². The van der Waals surface area contributed by atoms with E-state index in [9.17, 15) is 13.2 Å². The van der Waals surface area contributed by atoms with Crippen molar-refractivity contribution in [3.63, 3.8) is 0 Å². The molecule has 0 aromatic heterocycles. The SMILES string of the molecule is CC(C)c1ccc(S(=O)(=O)N(CC(=O)N2CCNCC2)CC(C)c2ccccc2)cc1. The van der Waals surface area contributed by atoms with Gasteiger partial charge in [0.2, 0.25) is 15.9 Å². The number of nitrogens with one attached hydrogen (secondary N) is 1. The highest BCUT2D eigenvalue weighted by Crippen LogP contribution is 2.24. The van der Waals surface area contributed by atoms with Crippen LogP contribution in [0.1, 0.15) is 43.7 Å². The van der Waals surface area contributed by atoms with Crippen molar-refractivity contribution in [1.82, 2.24) is 14.5 Å². The second-order valence-corrected chi connectivity index (χ2v) is 10.4. The Bertz CT molecular complexity index is 953. The number of benzene rings is 2. The Morgan fingerprint density at radius 3 is 2.16 bits per heavy atom. The molecule has 1 amide bonds. The van der Waals surface area contributed by atoms with Gasteiger partial charge in [0, 0.05) is 32.7 Å². The van der Waals surface area contributed by atoms with Gasteiger partial charge in [-0.3, -0.25) is 4.79 Å². The molecule has 1 saturated heterocycles. The van der Waals surface area contributed by atoms with Gasteiger partial charge in [-0.2, -0.15) is 4.31 Å². The molecule has 0 radical (unpaired) electrons. The van der Waals surface area contributed by atoms with Crippen molar-refractivity contribution in [3.05, 3.63) is 65.7 Å². The summed E-state index contributed by atoms with van der Waals surface area (Å²) in [4.78, 5) is 14.9. The number of sulfonamides is 1. The van der Waals surface area contributed by atoms with Crippen molar-refractivity contribution in [2.45, 2.75) is 37.5 Å². The fraction of sp³-hybridized carbons (Fsp3) is 0.458. The molecule has 31 heavy (non-hydrogen) atoms. The monoisotopic (exact) mass is 443 g/mol. The number of piperazine rings is 1. The fourth-order valence-electron chi connectivity index (χ4n) is 3.78. The largest absolute Gasteiger partial charge is 0.339 e. The smallest absolute Gasteiger partial charge is 0.243 e. The molecule has 1 unspecified atom stereocenters. The van der Waals surface area contributed by atoms with E-state index in [4.69, 9.17) is 0 Å². The Kier molecular flexibility index (Phi) is 7.86. The van der Waals surface area contributed by atoms with Gasteiger partial charge in [0.25, 0.3) is 0 Å². The molecule has 168 valence electrons. The van der Waals surface area contributed by atoms with E-state index in [1.807, 2.05) is 49.4 Å². The third-order valence-corrected chi connectivity index (χ3v) is 7.64. The van der Waals surface area contributed by atoms with Crippen LogP contribution in [0.2, 0.25) is 0 Å². The van der Waals surface area contributed by atoms with Crippen LogP contribution >= 0.6 is 0 Å². The number of nitrogens with zero attached hydrogens (tertiary/aromatic N) is 2. The fourth-order valence-corrected chi connectivity index (χ4v) is 5.26. The van der Waals surface area contributed by atoms with E-state index in [0.717, 1.165) is 24.2 Å². The Morgan fingerprint density at radius 2 is 1.58 bits per heavy atom. The zero-order chi connectivity index (χ0) is 22.4. The second kappa shape index (κ2) is 10.4. The third kappa shape index (κ3) is 5.93. The topological polar surface area (TPSA) is 69.7 Å². The van der Waals surface area contributed by atoms with Crippen molar-refractivity contribution in [3.8, 4) is 0 Å². The number of carbonyl (C=O) groups excluding carboxylic acids is 1. The predicted molar refractivity (Wildman–Crippen MR) is 124 cm³/mol. The molecule has 7 heteroatoms. The van der Waals surface area contributed by atoms with E-state index in [1.165, 1.54) is 4.31 Å². The number of hydrogen-bond acceptors (Lipinski definition) is 4. The average molecular weight is 444 g/mol. The first-order valence-electron chi connectivity index (χ1n) is 10.9. The van der Waals surface area contributed by atoms with Crippen LogP contribution in [0.4, 0.5) is 0 Å². The first kappa shape index (κ1) is 23.4. The lowest BCUT2D eigenvalue weighted by molar-refractivity contribution is -0.132. The lowest BCUT2D eigenvalue weighted by Crippen LogP contribution is -2.50. The molecular formula is C24H33N3O3S. The highest BCUT2D eigenvalue weighted by molar-refractivity contribution is 7.89. The summed E-state index contributed by atoms with van der Waals surface area (Å²) in [5.74, 6) is 0.131. The lowest BCUT2D eigenvalue weighted by Gasteiger charge is -2.31. The van der Waals surface area contributed by atoms with Crippen molar-refractivity contribution < 1.29 is 13.2 Å². The number of amides is 1. The summed E-state index contributed by atoms with van der Waals surface area (Å²) in [6.45, 7) is 8.91. The molecule has 1 atom stereocenters. The molecule has 1 fully saturated rings. The summed E-state index contributed by atoms with van der Waals surface area (Å²) < 4.78 is 28.4. The van der Waals surface area contributed by atoms with Gasteiger partial charge in [0.1, 0.15) is 0 Å². The molecule has 0 saturated carbocycles. The Morgan fingerprint density at radius 1 is 0.968 bits per heavy atom. The molecule has 1 aliphatic heterocycles. The summed E-state index contributed by atoms with van der Waals surface area (Å²) in [5, 5.41) is 3.22. The van der Waals surface area contributed by atoms with Crippen LogP contribution in [-0.4, -0.2) is 62.8 Å². The first-order valence-corrected chi connectivity index (χ1v) is 12.4. The number of hydrogen-bond donors (Lipinski definition) is 1. The quantitative estimate of drug-likeness (QED) is 0.681. The van der Waals surface area contributed by atoms with Crippen LogP contribution < -0.4 is 5.32 Å². The molecule has 1 N–H and O–H groups in total. The van der Waals surface area contributed by atoms with Crippen LogP contribution in [0, 0.1) is 0 Å². The van der Waals surface area contributed by atoms with Crippen LogP contribution in [0.25, 0.3) is 0 Å². The lowest BCUT2D eigenvalue weighted by atomic mass is 10.0. The molecule has 6 nitrogen and oxygen atoms in total. The van der Waals surface area contributed by atoms with Crippen LogP contribution in [0.15, 0.2) is 59.5 Å². The van der Waals surface area contributed by atoms with Crippen molar-refractivity contribution in [2.24, 2.45) is 0 Å². The Balaban J connectivity index is 1.86. The normalized spacial score (nSPS) is 16.0. The molecule has 2 aromatic carbocycles. The van der Waals surface area contributed by atoms with E-state index in [-0.39, 0.29) is 29.8 Å². The van der Waals surface area contributed by atoms with Gasteiger partial charge in [-0.1, -0.05) is 63.2 Å². The zero-order valence-corrected chi connectivity index (χ0v) is 19.4. The van der Waals surface area contributed by atoms with Gasteiger partial charge in [-0.25, -0.2) is 8.42 Å². The van der Waals surface area contributed by atoms with Gasteiger partial charge >= 0.3 is 0 Å². The number of carbonyl (C=O) groups is 1. The number of rotatable bonds is 8. The highest BCUT2D eigenvalue weighted by Gasteiger charge is 2.30. The standard InChI is InChI=1S/C24H33N3O3S/c1-19(2)21-9-11-23(12-10-21)31(29,30)27(17-20(3)22-7-5-4-6-8-22)18-24(28)26-15-13-25-14-16-26/h4-12,19-20,25H,13-18H2,1-3H3. The molecule has 1 heterocycles. The molecule has 2 aromatic rings. The third-order valence-electron chi connectivity index (χ3n) is 5.81. The Labute approximate surface area is 186 Å². The maximum absolute atomic E-state index is 13.5. The second-order valence-electron chi connectivity index (χ2n) is 8.46. The average Bonchev–Trinajstić information content (AvgIpc) is 2.79. The first-order chi connectivity index (χ1) is 14.8. The minimum absolute atomic E-state index is 0.0401. The summed E-state index contributed by atoms with van der Waals surface area (Å²) in [6.07, 6.45) is 0. The van der Waals surface area contributed by atoms with Crippen molar-refractivity contribution in [1.29, 1.82) is 0 Å². The summed E-state index contributed by atoms with van der Waals surface area (Å²) in [5.41, 5.74) is 2.13. The summed E-state index contributed by atoms with van der Waals surface area (Å²) in [7, 11) is -3.81. The van der Waals surface area contributed by atoms with Crippen LogP contribution in [-0.2, 0) is 14.8 Å². The van der Waals surface area contributed by atoms with E-state index >= 15 is 0 Å². The van der Waals surface area contributed by atoms with E-state index in [1.54, 1.807) is 17.0 Å². The summed E-state index contributed by atoms with van der Waals surface area (Å²) >= 11 is 0. The maximum atomic E-state index is 13.5. The minimum Gasteiger partial charge on any atom is -0.339 e. The molecule has 0 aliphatic carbocycles. The molecule has 3 rings (SSSR count). The van der Waals surface area contributed by atoms with E-state index < -0.39 is 10.0 Å². The molecule has 0 bridgehead atoms. The highest BCUT2D eigenvalue weighted by atomic mass is 32.2. The van der Waals surface area contributed by atoms with Gasteiger partial charge < -0.3 is 10.2 Å². The Hall–Kier alpha value is -2.22. The minimum atomic E-state index is -3.81. The van der Waals surface area contributed by atoms with E-state index in [2.05, 4.69) is 19.2 Å². The molecule has 0 spiro atoms. The zero-order valence-electron chi connectivity index (χ0n) is 18.6. The predicted octanol–water partition coefficient (Wildman–Crippen LogP) is 3.04. The van der Waals surface area contributed by atoms with Crippen LogP contribution in [0.5, 0.6) is 0 Å². The van der Waals surface area contributed by atoms with Crippen LogP contribution in [0.3, 0.4) is 0 Å². The van der Waals surface area contributed by atoms with Gasteiger partial charge in [-0.05, 0) is 35.1 Å².